The molecule has 0 bridgehead atoms. The van der Waals surface area contributed by atoms with E-state index in [-0.39, 0.29) is 0 Å². The van der Waals surface area contributed by atoms with Crippen LogP contribution in [0.5, 0.6) is 0 Å². The molecule has 0 spiro atoms. The van der Waals surface area contributed by atoms with Gasteiger partial charge in [-0.05, 0) is 74.5 Å². The summed E-state index contributed by atoms with van der Waals surface area (Å²) in [5.41, 5.74) is 2.23. The quantitative estimate of drug-likeness (QED) is 0.223. The molecule has 1 atom stereocenters. The molecule has 0 aromatic heterocycles. The number of hydrogen-bond acceptors (Lipinski definition) is 1. The van der Waals surface area contributed by atoms with Crippen molar-refractivity contribution in [1.29, 1.82) is 0 Å². The first kappa shape index (κ1) is 21.4. The molecular formula is C30H18Cl2OS. The lowest BCUT2D eigenvalue weighted by molar-refractivity contribution is 0.684. The van der Waals surface area contributed by atoms with Crippen LogP contribution in [0, 0.1) is 0 Å². The molecule has 0 saturated carbocycles. The van der Waals surface area contributed by atoms with Crippen molar-refractivity contribution < 1.29 is 4.21 Å². The van der Waals surface area contributed by atoms with Crippen LogP contribution in [0.15, 0.2) is 119 Å². The zero-order chi connectivity index (χ0) is 23.2. The van der Waals surface area contributed by atoms with Crippen LogP contribution in [0.4, 0.5) is 0 Å². The third kappa shape index (κ3) is 3.50. The van der Waals surface area contributed by atoms with E-state index >= 15 is 0 Å². The van der Waals surface area contributed by atoms with Gasteiger partial charge in [-0.3, -0.25) is 0 Å². The molecule has 0 aliphatic heterocycles. The zero-order valence-electron chi connectivity index (χ0n) is 18.0. The molecule has 0 aliphatic rings. The molecule has 0 fully saturated rings. The molecule has 0 amide bonds. The lowest BCUT2D eigenvalue weighted by Gasteiger charge is -2.18. The van der Waals surface area contributed by atoms with Gasteiger partial charge in [-0.15, -0.1) is 0 Å². The number of halogens is 2. The molecule has 0 N–H and O–H groups in total. The lowest BCUT2D eigenvalue weighted by Crippen LogP contribution is -1.98. The minimum absolute atomic E-state index is 0.503. The fourth-order valence-electron chi connectivity index (χ4n) is 4.66. The van der Waals surface area contributed by atoms with E-state index in [0.717, 1.165) is 53.2 Å². The SMILES string of the molecule is O=S(c1ccccc1)c1c2ccccc2c(-c2ccccc2)c2cc3cc(Cl)c(Cl)cc3cc12. The summed E-state index contributed by atoms with van der Waals surface area (Å²) >= 11 is 12.7. The average Bonchev–Trinajstić information content (AvgIpc) is 2.87. The fraction of sp³-hybridized carbons (Fsp3) is 0. The Kier molecular flexibility index (Phi) is 5.38. The molecule has 6 aromatic carbocycles. The molecule has 164 valence electrons. The molecule has 4 heteroatoms. The van der Waals surface area contributed by atoms with Gasteiger partial charge in [0.05, 0.1) is 25.7 Å². The summed E-state index contributed by atoms with van der Waals surface area (Å²) in [6.07, 6.45) is 0. The van der Waals surface area contributed by atoms with Crippen LogP contribution in [-0.2, 0) is 10.8 Å². The van der Waals surface area contributed by atoms with Gasteiger partial charge in [0.15, 0.2) is 0 Å². The second-order valence-corrected chi connectivity index (χ2v) is 10.4. The molecule has 34 heavy (non-hydrogen) atoms. The first-order valence-corrected chi connectivity index (χ1v) is 12.8. The highest BCUT2D eigenvalue weighted by Gasteiger charge is 2.21. The van der Waals surface area contributed by atoms with Gasteiger partial charge in [-0.25, -0.2) is 4.21 Å². The third-order valence-corrected chi connectivity index (χ3v) is 8.41. The molecule has 0 saturated heterocycles. The van der Waals surface area contributed by atoms with Crippen LogP contribution < -0.4 is 0 Å². The van der Waals surface area contributed by atoms with Crippen molar-refractivity contribution in [2.24, 2.45) is 0 Å². The van der Waals surface area contributed by atoms with Crippen molar-refractivity contribution in [3.8, 4) is 11.1 Å². The van der Waals surface area contributed by atoms with E-state index in [1.807, 2.05) is 72.8 Å². The topological polar surface area (TPSA) is 17.1 Å². The van der Waals surface area contributed by atoms with Crippen molar-refractivity contribution in [2.45, 2.75) is 9.79 Å². The second-order valence-electron chi connectivity index (χ2n) is 8.21. The smallest absolute Gasteiger partial charge is 0.0862 e. The predicted octanol–water partition coefficient (Wildman–Crippen LogP) is 9.29. The molecule has 1 nitrogen and oxygen atoms in total. The maximum Gasteiger partial charge on any atom is 0.0862 e. The Morgan fingerprint density at radius 2 is 1.06 bits per heavy atom. The second kappa shape index (κ2) is 8.56. The summed E-state index contributed by atoms with van der Waals surface area (Å²) in [6.45, 7) is 0. The van der Waals surface area contributed by atoms with Gasteiger partial charge in [-0.1, -0.05) is 96.0 Å². The van der Waals surface area contributed by atoms with Gasteiger partial charge in [0.25, 0.3) is 0 Å². The summed E-state index contributed by atoms with van der Waals surface area (Å²) in [5.74, 6) is 0. The third-order valence-electron chi connectivity index (χ3n) is 6.18. The summed E-state index contributed by atoms with van der Waals surface area (Å²) < 4.78 is 14.0. The Morgan fingerprint density at radius 1 is 0.529 bits per heavy atom. The first-order chi connectivity index (χ1) is 16.6. The van der Waals surface area contributed by atoms with Crippen LogP contribution in [0.1, 0.15) is 0 Å². The summed E-state index contributed by atoms with van der Waals surface area (Å²) in [5, 5.41) is 7.01. The summed E-state index contributed by atoms with van der Waals surface area (Å²) in [4.78, 5) is 1.58. The van der Waals surface area contributed by atoms with Gasteiger partial charge in [-0.2, -0.15) is 0 Å². The molecular weight excluding hydrogens is 479 g/mol. The van der Waals surface area contributed by atoms with Crippen molar-refractivity contribution in [3.05, 3.63) is 119 Å². The molecule has 1 unspecified atom stereocenters. The largest absolute Gasteiger partial charge is 0.249 e. The number of rotatable bonds is 3. The lowest BCUT2D eigenvalue weighted by atomic mass is 9.90. The van der Waals surface area contributed by atoms with E-state index in [1.165, 1.54) is 0 Å². The maximum absolute atomic E-state index is 14.0. The number of hydrogen-bond donors (Lipinski definition) is 0. The Labute approximate surface area is 210 Å². The van der Waals surface area contributed by atoms with Gasteiger partial charge in [0.2, 0.25) is 0 Å². The van der Waals surface area contributed by atoms with E-state index in [9.17, 15) is 4.21 Å². The summed E-state index contributed by atoms with van der Waals surface area (Å²) in [7, 11) is -1.37. The van der Waals surface area contributed by atoms with E-state index in [0.29, 0.717) is 10.0 Å². The fourth-order valence-corrected chi connectivity index (χ4v) is 6.39. The molecule has 0 aliphatic carbocycles. The number of benzene rings is 6. The molecule has 6 rings (SSSR count). The van der Waals surface area contributed by atoms with Gasteiger partial charge < -0.3 is 0 Å². The van der Waals surface area contributed by atoms with Gasteiger partial charge in [0, 0.05) is 10.3 Å². The Hall–Kier alpha value is -3.17. The van der Waals surface area contributed by atoms with Crippen molar-refractivity contribution in [1.82, 2.24) is 0 Å². The van der Waals surface area contributed by atoms with Crippen molar-refractivity contribution in [3.63, 3.8) is 0 Å². The summed E-state index contributed by atoms with van der Waals surface area (Å²) in [6, 6.07) is 36.2. The Bertz CT molecular complexity index is 1730. The monoisotopic (exact) mass is 496 g/mol. The van der Waals surface area contributed by atoms with Gasteiger partial charge in [0.1, 0.15) is 0 Å². The van der Waals surface area contributed by atoms with Crippen LogP contribution in [-0.4, -0.2) is 4.21 Å². The first-order valence-electron chi connectivity index (χ1n) is 10.9. The molecule has 0 heterocycles. The van der Waals surface area contributed by atoms with Crippen molar-refractivity contribution >= 4 is 66.3 Å². The van der Waals surface area contributed by atoms with Crippen LogP contribution in [0.3, 0.4) is 0 Å². The van der Waals surface area contributed by atoms with Crippen LogP contribution in [0.2, 0.25) is 10.0 Å². The van der Waals surface area contributed by atoms with E-state index < -0.39 is 10.8 Å². The highest BCUT2D eigenvalue weighted by atomic mass is 35.5. The normalized spacial score (nSPS) is 12.4. The minimum atomic E-state index is -1.37. The highest BCUT2D eigenvalue weighted by Crippen LogP contribution is 2.43. The minimum Gasteiger partial charge on any atom is -0.249 e. The van der Waals surface area contributed by atoms with Crippen LogP contribution in [0.25, 0.3) is 43.4 Å². The zero-order valence-corrected chi connectivity index (χ0v) is 20.3. The Morgan fingerprint density at radius 3 is 1.71 bits per heavy atom. The number of fused-ring (bicyclic) bond motifs is 3. The Balaban J connectivity index is 1.84. The van der Waals surface area contributed by atoms with Crippen molar-refractivity contribution in [2.75, 3.05) is 0 Å². The van der Waals surface area contributed by atoms with Gasteiger partial charge >= 0.3 is 0 Å². The molecule has 0 radical (unpaired) electrons. The van der Waals surface area contributed by atoms with E-state index in [4.69, 9.17) is 23.2 Å². The highest BCUT2D eigenvalue weighted by molar-refractivity contribution is 7.85. The van der Waals surface area contributed by atoms with Crippen LogP contribution >= 0.6 is 23.2 Å². The average molecular weight is 497 g/mol. The van der Waals surface area contributed by atoms with E-state index in [2.05, 4.69) is 36.4 Å². The maximum atomic E-state index is 14.0. The molecule has 6 aromatic rings. The van der Waals surface area contributed by atoms with E-state index in [1.54, 1.807) is 0 Å². The standard InChI is InChI=1S/C30H18Cl2OS/c31-27-17-20-15-25-26(16-21(20)18-28(27)32)30(34(33)22-11-5-2-6-12-22)24-14-8-7-13-23(24)29(25)19-9-3-1-4-10-19/h1-18H. The predicted molar refractivity (Wildman–Crippen MR) is 146 cm³/mol.